The van der Waals surface area contributed by atoms with Gasteiger partial charge in [-0.25, -0.2) is 4.68 Å². The third kappa shape index (κ3) is 3.12. The fourth-order valence-corrected chi connectivity index (χ4v) is 1.82. The van der Waals surface area contributed by atoms with Crippen molar-refractivity contribution < 1.29 is 9.84 Å². The number of nitrogens with zero attached hydrogens (tertiary/aromatic N) is 3. The van der Waals surface area contributed by atoms with Crippen molar-refractivity contribution in [3.8, 4) is 17.0 Å². The normalized spacial score (nSPS) is 10.7. The summed E-state index contributed by atoms with van der Waals surface area (Å²) in [7, 11) is 1.77. The van der Waals surface area contributed by atoms with Gasteiger partial charge in [0.2, 0.25) is 0 Å². The minimum Gasteiger partial charge on any atom is -0.494 e. The molecular weight excluding hydrogens is 242 g/mol. The second-order valence-electron chi connectivity index (χ2n) is 4.39. The van der Waals surface area contributed by atoms with E-state index in [0.717, 1.165) is 30.8 Å². The summed E-state index contributed by atoms with van der Waals surface area (Å²) in [5.74, 6) is 0.853. The van der Waals surface area contributed by atoms with Crippen LogP contribution in [0.5, 0.6) is 5.75 Å². The minimum absolute atomic E-state index is 0.0758. The molecule has 0 bridgehead atoms. The molecule has 0 spiro atoms. The number of benzene rings is 1. The number of aliphatic hydroxyl groups is 1. The van der Waals surface area contributed by atoms with E-state index in [0.29, 0.717) is 11.4 Å². The maximum atomic E-state index is 9.32. The molecule has 2 rings (SSSR count). The lowest BCUT2D eigenvalue weighted by Crippen LogP contribution is -1.98. The SMILES string of the molecule is CCCCOc1ccc(-c2nnn(C)c2CO)cc1. The number of ether oxygens (including phenoxy) is 1. The van der Waals surface area contributed by atoms with Gasteiger partial charge in [-0.2, -0.15) is 0 Å². The Labute approximate surface area is 112 Å². The second-order valence-corrected chi connectivity index (χ2v) is 4.39. The summed E-state index contributed by atoms with van der Waals surface area (Å²) < 4.78 is 7.19. The van der Waals surface area contributed by atoms with Crippen LogP contribution >= 0.6 is 0 Å². The van der Waals surface area contributed by atoms with E-state index in [4.69, 9.17) is 4.74 Å². The molecule has 1 N–H and O–H groups in total. The summed E-state index contributed by atoms with van der Waals surface area (Å²) >= 11 is 0. The molecule has 2 aromatic rings. The zero-order valence-electron chi connectivity index (χ0n) is 11.3. The fraction of sp³-hybridized carbons (Fsp3) is 0.429. The monoisotopic (exact) mass is 261 g/mol. The Kier molecular flexibility index (Phi) is 4.52. The van der Waals surface area contributed by atoms with Crippen molar-refractivity contribution in [1.82, 2.24) is 15.0 Å². The van der Waals surface area contributed by atoms with Crippen molar-refractivity contribution in [2.45, 2.75) is 26.4 Å². The van der Waals surface area contributed by atoms with Gasteiger partial charge in [-0.05, 0) is 30.7 Å². The average Bonchev–Trinajstić information content (AvgIpc) is 2.81. The van der Waals surface area contributed by atoms with Crippen LogP contribution in [0.3, 0.4) is 0 Å². The molecule has 1 heterocycles. The zero-order valence-corrected chi connectivity index (χ0v) is 11.3. The summed E-state index contributed by atoms with van der Waals surface area (Å²) in [6.45, 7) is 2.80. The zero-order chi connectivity index (χ0) is 13.7. The van der Waals surface area contributed by atoms with Gasteiger partial charge in [0, 0.05) is 12.6 Å². The quantitative estimate of drug-likeness (QED) is 0.809. The lowest BCUT2D eigenvalue weighted by Gasteiger charge is -2.06. The standard InChI is InChI=1S/C14H19N3O2/c1-3-4-9-19-12-7-5-11(6-8-12)14-13(10-18)17(2)16-15-14/h5-8,18H,3-4,9-10H2,1-2H3. The van der Waals surface area contributed by atoms with Crippen LogP contribution in [0.2, 0.25) is 0 Å². The molecule has 1 aromatic carbocycles. The van der Waals surface area contributed by atoms with Crippen LogP contribution in [-0.2, 0) is 13.7 Å². The summed E-state index contributed by atoms with van der Waals surface area (Å²) in [5.41, 5.74) is 2.35. The number of aromatic nitrogens is 3. The van der Waals surface area contributed by atoms with E-state index < -0.39 is 0 Å². The molecule has 0 unspecified atom stereocenters. The third-order valence-corrected chi connectivity index (χ3v) is 2.99. The number of rotatable bonds is 6. The molecule has 5 nitrogen and oxygen atoms in total. The lowest BCUT2D eigenvalue weighted by molar-refractivity contribution is 0.271. The first-order valence-corrected chi connectivity index (χ1v) is 6.49. The van der Waals surface area contributed by atoms with Crippen molar-refractivity contribution in [3.05, 3.63) is 30.0 Å². The van der Waals surface area contributed by atoms with Crippen LogP contribution in [0.15, 0.2) is 24.3 Å². The van der Waals surface area contributed by atoms with Gasteiger partial charge in [-0.3, -0.25) is 0 Å². The number of aliphatic hydroxyl groups excluding tert-OH is 1. The van der Waals surface area contributed by atoms with Gasteiger partial charge >= 0.3 is 0 Å². The molecule has 0 amide bonds. The summed E-state index contributed by atoms with van der Waals surface area (Å²) in [6.07, 6.45) is 2.18. The van der Waals surface area contributed by atoms with Gasteiger partial charge in [-0.15, -0.1) is 5.10 Å². The molecule has 0 atom stereocenters. The van der Waals surface area contributed by atoms with E-state index in [-0.39, 0.29) is 6.61 Å². The van der Waals surface area contributed by atoms with E-state index in [1.165, 1.54) is 0 Å². The first-order chi connectivity index (χ1) is 9.26. The van der Waals surface area contributed by atoms with E-state index >= 15 is 0 Å². The maximum Gasteiger partial charge on any atom is 0.119 e. The molecule has 0 saturated heterocycles. The molecule has 0 radical (unpaired) electrons. The molecule has 102 valence electrons. The number of hydrogen-bond acceptors (Lipinski definition) is 4. The van der Waals surface area contributed by atoms with Crippen molar-refractivity contribution in [2.24, 2.45) is 7.05 Å². The van der Waals surface area contributed by atoms with Crippen molar-refractivity contribution in [3.63, 3.8) is 0 Å². The van der Waals surface area contributed by atoms with Crippen LogP contribution in [0.4, 0.5) is 0 Å². The fourth-order valence-electron chi connectivity index (χ4n) is 1.82. The maximum absolute atomic E-state index is 9.32. The number of hydrogen-bond donors (Lipinski definition) is 1. The largest absolute Gasteiger partial charge is 0.494 e. The first kappa shape index (κ1) is 13.5. The number of unbranched alkanes of at least 4 members (excludes halogenated alkanes) is 1. The first-order valence-electron chi connectivity index (χ1n) is 6.49. The smallest absolute Gasteiger partial charge is 0.119 e. The van der Waals surface area contributed by atoms with Crippen LogP contribution in [0.25, 0.3) is 11.3 Å². The highest BCUT2D eigenvalue weighted by Gasteiger charge is 2.11. The lowest BCUT2D eigenvalue weighted by atomic mass is 10.1. The third-order valence-electron chi connectivity index (χ3n) is 2.99. The molecule has 0 aliphatic heterocycles. The Hall–Kier alpha value is -1.88. The Morgan fingerprint density at radius 2 is 2.00 bits per heavy atom. The van der Waals surface area contributed by atoms with E-state index in [1.54, 1.807) is 11.7 Å². The number of aryl methyl sites for hydroxylation is 1. The molecule has 0 aliphatic carbocycles. The van der Waals surface area contributed by atoms with Gasteiger partial charge in [0.15, 0.2) is 0 Å². The summed E-state index contributed by atoms with van der Waals surface area (Å²) in [4.78, 5) is 0. The van der Waals surface area contributed by atoms with Crippen LogP contribution in [0.1, 0.15) is 25.5 Å². The van der Waals surface area contributed by atoms with Gasteiger partial charge in [0.25, 0.3) is 0 Å². The molecular formula is C14H19N3O2. The Bertz CT molecular complexity index is 520. The molecule has 0 saturated carbocycles. The molecule has 5 heteroatoms. The van der Waals surface area contributed by atoms with Gasteiger partial charge < -0.3 is 9.84 Å². The molecule has 0 fully saturated rings. The Balaban J connectivity index is 2.13. The second kappa shape index (κ2) is 6.33. The average molecular weight is 261 g/mol. The Morgan fingerprint density at radius 1 is 1.26 bits per heavy atom. The van der Waals surface area contributed by atoms with E-state index in [2.05, 4.69) is 17.2 Å². The van der Waals surface area contributed by atoms with Crippen LogP contribution < -0.4 is 4.74 Å². The van der Waals surface area contributed by atoms with Gasteiger partial charge in [-0.1, -0.05) is 18.6 Å². The summed E-state index contributed by atoms with van der Waals surface area (Å²) in [5, 5.41) is 17.3. The van der Waals surface area contributed by atoms with E-state index in [1.807, 2.05) is 24.3 Å². The topological polar surface area (TPSA) is 60.2 Å². The van der Waals surface area contributed by atoms with Crippen LogP contribution in [0, 0.1) is 0 Å². The highest BCUT2D eigenvalue weighted by molar-refractivity contribution is 5.62. The van der Waals surface area contributed by atoms with Crippen molar-refractivity contribution >= 4 is 0 Å². The predicted octanol–water partition coefficient (Wildman–Crippen LogP) is 2.15. The minimum atomic E-state index is -0.0758. The highest BCUT2D eigenvalue weighted by atomic mass is 16.5. The van der Waals surface area contributed by atoms with Gasteiger partial charge in [0.05, 0.1) is 18.9 Å². The van der Waals surface area contributed by atoms with Crippen LogP contribution in [-0.4, -0.2) is 26.7 Å². The van der Waals surface area contributed by atoms with Crippen molar-refractivity contribution in [2.75, 3.05) is 6.61 Å². The van der Waals surface area contributed by atoms with Gasteiger partial charge in [0.1, 0.15) is 11.4 Å². The Morgan fingerprint density at radius 3 is 2.63 bits per heavy atom. The molecule has 19 heavy (non-hydrogen) atoms. The molecule has 0 aliphatic rings. The summed E-state index contributed by atoms with van der Waals surface area (Å²) in [6, 6.07) is 7.70. The van der Waals surface area contributed by atoms with Crippen molar-refractivity contribution in [1.29, 1.82) is 0 Å². The predicted molar refractivity (Wildman–Crippen MR) is 72.8 cm³/mol. The molecule has 1 aromatic heterocycles. The van der Waals surface area contributed by atoms with E-state index in [9.17, 15) is 5.11 Å². The highest BCUT2D eigenvalue weighted by Crippen LogP contribution is 2.23.